The summed E-state index contributed by atoms with van der Waals surface area (Å²) in [7, 11) is 0. The van der Waals surface area contributed by atoms with Crippen molar-refractivity contribution >= 4 is 0 Å². The van der Waals surface area contributed by atoms with Gasteiger partial charge in [-0.15, -0.1) is 0 Å². The first-order valence-electron chi connectivity index (χ1n) is 8.07. The SMILES string of the molecule is OCCOCCOCCOCCOCCOC(F)(F)C(F)(F)C(F)(F)C(F)(F)F. The summed E-state index contributed by atoms with van der Waals surface area (Å²) in [5, 5.41) is 8.43. The molecule has 0 aromatic rings. The van der Waals surface area contributed by atoms with Gasteiger partial charge in [-0.25, -0.2) is 0 Å². The van der Waals surface area contributed by atoms with E-state index in [1.54, 1.807) is 0 Å². The fourth-order valence-corrected chi connectivity index (χ4v) is 1.51. The van der Waals surface area contributed by atoms with Gasteiger partial charge in [-0.1, -0.05) is 0 Å². The van der Waals surface area contributed by atoms with Gasteiger partial charge in [0.1, 0.15) is 0 Å². The molecule has 0 aliphatic carbocycles. The molecule has 15 heteroatoms. The molecule has 6 nitrogen and oxygen atoms in total. The minimum atomic E-state index is -6.99. The van der Waals surface area contributed by atoms with Crippen molar-refractivity contribution in [1.29, 1.82) is 0 Å². The Hall–Kier alpha value is -0.870. The molecular formula is C14H21F9O6. The van der Waals surface area contributed by atoms with Crippen LogP contribution in [0.4, 0.5) is 39.5 Å². The van der Waals surface area contributed by atoms with Crippen LogP contribution in [0.1, 0.15) is 0 Å². The number of ether oxygens (including phenoxy) is 5. The Balaban J connectivity index is 3.89. The number of alkyl halides is 9. The summed E-state index contributed by atoms with van der Waals surface area (Å²) in [6.07, 6.45) is -13.0. The van der Waals surface area contributed by atoms with Gasteiger partial charge in [-0.05, 0) is 0 Å². The van der Waals surface area contributed by atoms with E-state index in [1.165, 1.54) is 0 Å². The number of hydrogen-bond donors (Lipinski definition) is 1. The van der Waals surface area contributed by atoms with Crippen LogP contribution >= 0.6 is 0 Å². The predicted molar refractivity (Wildman–Crippen MR) is 77.2 cm³/mol. The van der Waals surface area contributed by atoms with E-state index in [2.05, 4.69) is 9.47 Å². The van der Waals surface area contributed by atoms with Crippen molar-refractivity contribution in [3.05, 3.63) is 0 Å². The van der Waals surface area contributed by atoms with Crippen LogP contribution in [0, 0.1) is 0 Å². The van der Waals surface area contributed by atoms with Crippen LogP contribution in [-0.2, 0) is 23.7 Å². The molecule has 29 heavy (non-hydrogen) atoms. The van der Waals surface area contributed by atoms with E-state index in [1.807, 2.05) is 0 Å². The maximum Gasteiger partial charge on any atom is 0.460 e. The lowest BCUT2D eigenvalue weighted by molar-refractivity contribution is -0.444. The molecule has 0 aromatic carbocycles. The quantitative estimate of drug-likeness (QED) is 0.268. The normalized spacial score (nSPS) is 13.9. The highest BCUT2D eigenvalue weighted by atomic mass is 19.4. The average Bonchev–Trinajstić information content (AvgIpc) is 2.60. The molecule has 0 fully saturated rings. The maximum absolute atomic E-state index is 13.0. The van der Waals surface area contributed by atoms with E-state index in [9.17, 15) is 39.5 Å². The van der Waals surface area contributed by atoms with Crippen molar-refractivity contribution in [3.8, 4) is 0 Å². The number of aliphatic hydroxyl groups excluding tert-OH is 1. The molecule has 0 bridgehead atoms. The maximum atomic E-state index is 13.0. The van der Waals surface area contributed by atoms with Gasteiger partial charge < -0.3 is 28.8 Å². The standard InChI is InChI=1S/C14H21F9O6/c15-11(16,13(19,20)21)12(17,18)14(22,23)29-10-9-28-8-7-27-6-5-26-4-3-25-2-1-24/h24H,1-10H2. The third-order valence-electron chi connectivity index (χ3n) is 2.98. The van der Waals surface area contributed by atoms with E-state index < -0.39 is 37.3 Å². The van der Waals surface area contributed by atoms with Gasteiger partial charge in [-0.3, -0.25) is 0 Å². The van der Waals surface area contributed by atoms with Gasteiger partial charge in [0.15, 0.2) is 0 Å². The third-order valence-corrected chi connectivity index (χ3v) is 2.98. The highest BCUT2D eigenvalue weighted by Gasteiger charge is 2.82. The first kappa shape index (κ1) is 28.1. The summed E-state index contributed by atoms with van der Waals surface area (Å²) in [4.78, 5) is 0. The Morgan fingerprint density at radius 1 is 0.483 bits per heavy atom. The largest absolute Gasteiger partial charge is 0.460 e. The van der Waals surface area contributed by atoms with Crippen LogP contribution < -0.4 is 0 Å². The smallest absolute Gasteiger partial charge is 0.394 e. The van der Waals surface area contributed by atoms with Crippen LogP contribution in [-0.4, -0.2) is 95.3 Å². The molecule has 0 spiro atoms. The Morgan fingerprint density at radius 2 is 0.828 bits per heavy atom. The fraction of sp³-hybridized carbons (Fsp3) is 1.00. The summed E-state index contributed by atoms with van der Waals surface area (Å²) < 4.78 is 135. The van der Waals surface area contributed by atoms with Gasteiger partial charge >= 0.3 is 24.1 Å². The number of rotatable bonds is 17. The van der Waals surface area contributed by atoms with Crippen LogP contribution in [0.25, 0.3) is 0 Å². The van der Waals surface area contributed by atoms with Crippen LogP contribution in [0.5, 0.6) is 0 Å². The summed E-state index contributed by atoms with van der Waals surface area (Å²) in [5.41, 5.74) is 0. The molecule has 0 saturated heterocycles. The molecule has 0 saturated carbocycles. The fourth-order valence-electron chi connectivity index (χ4n) is 1.51. The van der Waals surface area contributed by atoms with Gasteiger partial charge in [-0.2, -0.15) is 39.5 Å². The van der Waals surface area contributed by atoms with Crippen molar-refractivity contribution in [3.63, 3.8) is 0 Å². The average molecular weight is 456 g/mol. The van der Waals surface area contributed by atoms with Crippen molar-refractivity contribution in [2.75, 3.05) is 66.1 Å². The Kier molecular flexibility index (Phi) is 12.4. The van der Waals surface area contributed by atoms with Crippen molar-refractivity contribution in [2.45, 2.75) is 24.1 Å². The molecule has 176 valence electrons. The molecule has 0 amide bonds. The molecule has 0 radical (unpaired) electrons. The van der Waals surface area contributed by atoms with Crippen LogP contribution in [0.3, 0.4) is 0 Å². The molecule has 0 heterocycles. The molecule has 0 aliphatic rings. The minimum Gasteiger partial charge on any atom is -0.394 e. The first-order chi connectivity index (χ1) is 13.3. The van der Waals surface area contributed by atoms with E-state index in [-0.39, 0.29) is 52.9 Å². The molecule has 0 rings (SSSR count). The second kappa shape index (κ2) is 12.7. The zero-order valence-corrected chi connectivity index (χ0v) is 15.0. The Morgan fingerprint density at radius 3 is 1.17 bits per heavy atom. The van der Waals surface area contributed by atoms with Gasteiger partial charge in [0, 0.05) is 0 Å². The molecular weight excluding hydrogens is 435 g/mol. The van der Waals surface area contributed by atoms with Gasteiger partial charge in [0.05, 0.1) is 66.1 Å². The summed E-state index contributed by atoms with van der Waals surface area (Å²) >= 11 is 0. The van der Waals surface area contributed by atoms with Gasteiger partial charge in [0.25, 0.3) is 0 Å². The summed E-state index contributed by atoms with van der Waals surface area (Å²) in [6.45, 7) is -1.56. The summed E-state index contributed by atoms with van der Waals surface area (Å²) in [6, 6.07) is 0. The number of aliphatic hydroxyl groups is 1. The second-order valence-corrected chi connectivity index (χ2v) is 5.18. The van der Waals surface area contributed by atoms with E-state index >= 15 is 0 Å². The lowest BCUT2D eigenvalue weighted by Gasteiger charge is -2.32. The Bertz CT molecular complexity index is 434. The van der Waals surface area contributed by atoms with Crippen molar-refractivity contribution in [1.82, 2.24) is 0 Å². The number of hydrogen-bond acceptors (Lipinski definition) is 6. The van der Waals surface area contributed by atoms with Crippen LogP contribution in [0.15, 0.2) is 0 Å². The van der Waals surface area contributed by atoms with Crippen molar-refractivity contribution < 1.29 is 68.3 Å². The van der Waals surface area contributed by atoms with Crippen LogP contribution in [0.2, 0.25) is 0 Å². The second-order valence-electron chi connectivity index (χ2n) is 5.18. The van der Waals surface area contributed by atoms with E-state index in [0.717, 1.165) is 0 Å². The third kappa shape index (κ3) is 9.21. The highest BCUT2D eigenvalue weighted by molar-refractivity contribution is 4.96. The zero-order valence-electron chi connectivity index (χ0n) is 15.0. The minimum absolute atomic E-state index is 0.0664. The molecule has 0 unspecified atom stereocenters. The molecule has 1 N–H and O–H groups in total. The predicted octanol–water partition coefficient (Wildman–Crippen LogP) is 2.49. The van der Waals surface area contributed by atoms with E-state index in [0.29, 0.717) is 0 Å². The molecule has 0 aliphatic heterocycles. The molecule has 0 aromatic heterocycles. The van der Waals surface area contributed by atoms with Crippen molar-refractivity contribution in [2.24, 2.45) is 0 Å². The monoisotopic (exact) mass is 456 g/mol. The molecule has 0 atom stereocenters. The van der Waals surface area contributed by atoms with Gasteiger partial charge in [0.2, 0.25) is 0 Å². The lowest BCUT2D eigenvalue weighted by atomic mass is 10.1. The first-order valence-corrected chi connectivity index (χ1v) is 8.07. The number of halogens is 9. The zero-order chi connectivity index (χ0) is 22.6. The highest BCUT2D eigenvalue weighted by Crippen LogP contribution is 2.53. The topological polar surface area (TPSA) is 66.4 Å². The lowest BCUT2D eigenvalue weighted by Crippen LogP contribution is -2.61. The van der Waals surface area contributed by atoms with E-state index in [4.69, 9.17) is 19.3 Å². The summed E-state index contributed by atoms with van der Waals surface area (Å²) in [5.74, 6) is -13.8. The Labute approximate surface area is 159 Å².